The maximum atomic E-state index is 12.7. The molecule has 0 unspecified atom stereocenters. The van der Waals surface area contributed by atoms with Crippen LogP contribution in [0.1, 0.15) is 13.8 Å². The molecule has 0 saturated carbocycles. The van der Waals surface area contributed by atoms with Crippen LogP contribution < -0.4 is 10.2 Å². The Morgan fingerprint density at radius 1 is 1.07 bits per heavy atom. The largest absolute Gasteiger partial charge is 0.376 e. The number of nitrogens with one attached hydrogen (secondary N) is 1. The molecule has 150 valence electrons. The van der Waals surface area contributed by atoms with Crippen molar-refractivity contribution in [3.8, 4) is 0 Å². The standard InChI is InChI=1S/C21H27N3O3S/c1-4-15-24(19-12-8-7-9-13-19)21(25)17-22-18-11-10-14-20(16-18)28(26,27)23(5-2)6-3/h4,7-14,16,22H,1,5-6,15,17H2,2-3H3. The van der Waals surface area contributed by atoms with E-state index in [4.69, 9.17) is 0 Å². The summed E-state index contributed by atoms with van der Waals surface area (Å²) in [6.07, 6.45) is 1.67. The average Bonchev–Trinajstić information content (AvgIpc) is 2.72. The molecule has 0 aliphatic rings. The number of hydrogen-bond acceptors (Lipinski definition) is 4. The number of para-hydroxylation sites is 1. The van der Waals surface area contributed by atoms with Crippen molar-refractivity contribution >= 4 is 27.3 Å². The highest BCUT2D eigenvalue weighted by Crippen LogP contribution is 2.20. The van der Waals surface area contributed by atoms with Crippen molar-refractivity contribution in [2.45, 2.75) is 18.7 Å². The first kappa shape index (κ1) is 21.7. The molecule has 0 bridgehead atoms. The lowest BCUT2D eigenvalue weighted by Gasteiger charge is -2.22. The summed E-state index contributed by atoms with van der Waals surface area (Å²) in [6, 6.07) is 15.9. The molecule has 0 aliphatic carbocycles. The summed E-state index contributed by atoms with van der Waals surface area (Å²) in [7, 11) is -3.55. The predicted octanol–water partition coefficient (Wildman–Crippen LogP) is 3.35. The molecule has 0 radical (unpaired) electrons. The second-order valence-electron chi connectivity index (χ2n) is 6.10. The molecule has 28 heavy (non-hydrogen) atoms. The Morgan fingerprint density at radius 3 is 2.36 bits per heavy atom. The van der Waals surface area contributed by atoms with Crippen LogP contribution in [0.4, 0.5) is 11.4 Å². The number of sulfonamides is 1. The Kier molecular flexibility index (Phi) is 7.78. The number of amides is 1. The van der Waals surface area contributed by atoms with Crippen LogP contribution in [0.15, 0.2) is 72.1 Å². The van der Waals surface area contributed by atoms with E-state index < -0.39 is 10.0 Å². The number of carbonyl (C=O) groups is 1. The highest BCUT2D eigenvalue weighted by Gasteiger charge is 2.22. The van der Waals surface area contributed by atoms with Crippen molar-refractivity contribution in [2.75, 3.05) is 36.4 Å². The van der Waals surface area contributed by atoms with Gasteiger partial charge in [0.25, 0.3) is 0 Å². The lowest BCUT2D eigenvalue weighted by Crippen LogP contribution is -2.35. The van der Waals surface area contributed by atoms with E-state index in [9.17, 15) is 13.2 Å². The molecule has 6 nitrogen and oxygen atoms in total. The van der Waals surface area contributed by atoms with Gasteiger partial charge < -0.3 is 10.2 Å². The van der Waals surface area contributed by atoms with Crippen LogP contribution in [-0.4, -0.2) is 44.8 Å². The van der Waals surface area contributed by atoms with Crippen molar-refractivity contribution in [2.24, 2.45) is 0 Å². The van der Waals surface area contributed by atoms with E-state index in [0.717, 1.165) is 5.69 Å². The lowest BCUT2D eigenvalue weighted by molar-refractivity contribution is -0.116. The minimum Gasteiger partial charge on any atom is -0.376 e. The van der Waals surface area contributed by atoms with Gasteiger partial charge in [-0.25, -0.2) is 8.42 Å². The van der Waals surface area contributed by atoms with E-state index >= 15 is 0 Å². The van der Waals surface area contributed by atoms with Crippen molar-refractivity contribution in [3.63, 3.8) is 0 Å². The van der Waals surface area contributed by atoms with Crippen LogP contribution in [0.5, 0.6) is 0 Å². The fourth-order valence-electron chi connectivity index (χ4n) is 2.84. The van der Waals surface area contributed by atoms with Gasteiger partial charge in [-0.3, -0.25) is 4.79 Å². The SMILES string of the molecule is C=CCN(C(=O)CNc1cccc(S(=O)(=O)N(CC)CC)c1)c1ccccc1. The molecule has 2 aromatic carbocycles. The molecule has 1 amide bonds. The van der Waals surface area contributed by atoms with E-state index in [1.807, 2.05) is 30.3 Å². The lowest BCUT2D eigenvalue weighted by atomic mass is 10.2. The molecule has 0 fully saturated rings. The van der Waals surface area contributed by atoms with Crippen LogP contribution in [0, 0.1) is 0 Å². The zero-order valence-electron chi connectivity index (χ0n) is 16.3. The molecule has 0 spiro atoms. The Balaban J connectivity index is 2.14. The molecule has 7 heteroatoms. The Bertz CT molecular complexity index is 894. The van der Waals surface area contributed by atoms with Crippen molar-refractivity contribution in [1.82, 2.24) is 4.31 Å². The van der Waals surface area contributed by atoms with Crippen LogP contribution in [0.2, 0.25) is 0 Å². The quantitative estimate of drug-likeness (QED) is 0.620. The fourth-order valence-corrected chi connectivity index (χ4v) is 4.34. The molecule has 0 atom stereocenters. The highest BCUT2D eigenvalue weighted by atomic mass is 32.2. The van der Waals surface area contributed by atoms with Gasteiger partial charge in [0.2, 0.25) is 15.9 Å². The summed E-state index contributed by atoms with van der Waals surface area (Å²) in [5.74, 6) is -0.136. The van der Waals surface area contributed by atoms with E-state index in [0.29, 0.717) is 25.3 Å². The summed E-state index contributed by atoms with van der Waals surface area (Å²) < 4.78 is 26.8. The molecule has 2 aromatic rings. The molecule has 0 aromatic heterocycles. The van der Waals surface area contributed by atoms with Gasteiger partial charge in [-0.15, -0.1) is 6.58 Å². The molecular weight excluding hydrogens is 374 g/mol. The topological polar surface area (TPSA) is 69.7 Å². The van der Waals surface area contributed by atoms with E-state index in [2.05, 4.69) is 11.9 Å². The summed E-state index contributed by atoms with van der Waals surface area (Å²) in [4.78, 5) is 14.5. The normalized spacial score (nSPS) is 11.2. The monoisotopic (exact) mass is 401 g/mol. The summed E-state index contributed by atoms with van der Waals surface area (Å²) in [5, 5.41) is 3.03. The number of anilines is 2. The van der Waals surface area contributed by atoms with Crippen LogP contribution in [0.25, 0.3) is 0 Å². The van der Waals surface area contributed by atoms with Gasteiger partial charge >= 0.3 is 0 Å². The van der Waals surface area contributed by atoms with Crippen LogP contribution in [0.3, 0.4) is 0 Å². The van der Waals surface area contributed by atoms with Gasteiger partial charge in [0, 0.05) is 31.0 Å². The second kappa shape index (κ2) is 10.1. The third-order valence-corrected chi connectivity index (χ3v) is 6.35. The molecule has 0 aliphatic heterocycles. The van der Waals surface area contributed by atoms with Crippen LogP contribution >= 0.6 is 0 Å². The first-order valence-corrected chi connectivity index (χ1v) is 10.7. The molecular formula is C21H27N3O3S. The highest BCUT2D eigenvalue weighted by molar-refractivity contribution is 7.89. The zero-order chi connectivity index (χ0) is 20.6. The zero-order valence-corrected chi connectivity index (χ0v) is 17.2. The maximum Gasteiger partial charge on any atom is 0.246 e. The molecule has 1 N–H and O–H groups in total. The minimum atomic E-state index is -3.55. The smallest absolute Gasteiger partial charge is 0.246 e. The summed E-state index contributed by atoms with van der Waals surface area (Å²) >= 11 is 0. The predicted molar refractivity (Wildman–Crippen MR) is 114 cm³/mol. The van der Waals surface area contributed by atoms with E-state index in [1.165, 1.54) is 4.31 Å². The number of rotatable bonds is 10. The Morgan fingerprint density at radius 2 is 1.75 bits per heavy atom. The minimum absolute atomic E-state index is 0.0392. The van der Waals surface area contributed by atoms with Gasteiger partial charge in [0.1, 0.15) is 0 Å². The van der Waals surface area contributed by atoms with Crippen LogP contribution in [-0.2, 0) is 14.8 Å². The summed E-state index contributed by atoms with van der Waals surface area (Å²) in [5.41, 5.74) is 1.36. The first-order chi connectivity index (χ1) is 13.4. The summed E-state index contributed by atoms with van der Waals surface area (Å²) in [6.45, 7) is 8.56. The number of hydrogen-bond donors (Lipinski definition) is 1. The molecule has 2 rings (SSSR count). The number of carbonyl (C=O) groups excluding carboxylic acids is 1. The first-order valence-electron chi connectivity index (χ1n) is 9.24. The maximum absolute atomic E-state index is 12.7. The molecule has 0 saturated heterocycles. The second-order valence-corrected chi connectivity index (χ2v) is 8.04. The third kappa shape index (κ3) is 5.21. The molecule has 0 heterocycles. The Hall–Kier alpha value is -2.64. The van der Waals surface area contributed by atoms with Gasteiger partial charge in [0.15, 0.2) is 0 Å². The third-order valence-electron chi connectivity index (χ3n) is 4.30. The van der Waals surface area contributed by atoms with Crippen molar-refractivity contribution < 1.29 is 13.2 Å². The van der Waals surface area contributed by atoms with Gasteiger partial charge in [0.05, 0.1) is 11.4 Å². The van der Waals surface area contributed by atoms with Gasteiger partial charge in [-0.1, -0.05) is 44.2 Å². The van der Waals surface area contributed by atoms with Gasteiger partial charge in [-0.2, -0.15) is 4.31 Å². The fraction of sp³-hybridized carbons (Fsp3) is 0.286. The number of nitrogens with zero attached hydrogens (tertiary/aromatic N) is 2. The van der Waals surface area contributed by atoms with Gasteiger partial charge in [-0.05, 0) is 30.3 Å². The van der Waals surface area contributed by atoms with E-state index in [-0.39, 0.29) is 17.3 Å². The van der Waals surface area contributed by atoms with Crippen molar-refractivity contribution in [3.05, 3.63) is 67.3 Å². The Labute approximate surface area is 167 Å². The number of benzene rings is 2. The van der Waals surface area contributed by atoms with Crippen molar-refractivity contribution in [1.29, 1.82) is 0 Å². The average molecular weight is 402 g/mol. The van der Waals surface area contributed by atoms with E-state index in [1.54, 1.807) is 49.1 Å².